The molecule has 166 valence electrons. The standard InChI is InChI=1S/C25H20F2N4OS/c26-18-9-10-22(20(27)13-18)28-23(32)15-33-24-19-7-3-4-8-21(19)29-25(30-24)31-12-11-16-5-1-2-6-17(16)14-31/h1-10,13H,11-12,14-15H2,(H,28,32). The first-order valence-corrected chi connectivity index (χ1v) is 11.5. The zero-order valence-electron chi connectivity index (χ0n) is 17.6. The lowest BCUT2D eigenvalue weighted by Crippen LogP contribution is -2.31. The van der Waals surface area contributed by atoms with E-state index in [1.165, 1.54) is 29.0 Å². The second-order valence-corrected chi connectivity index (χ2v) is 8.71. The number of fused-ring (bicyclic) bond motifs is 2. The number of carbonyl (C=O) groups excluding carboxylic acids is 1. The van der Waals surface area contributed by atoms with Gasteiger partial charge in [-0.05, 0) is 35.7 Å². The quantitative estimate of drug-likeness (QED) is 0.326. The van der Waals surface area contributed by atoms with E-state index in [4.69, 9.17) is 9.97 Å². The van der Waals surface area contributed by atoms with Crippen LogP contribution < -0.4 is 10.2 Å². The average molecular weight is 463 g/mol. The van der Waals surface area contributed by atoms with Gasteiger partial charge in [-0.3, -0.25) is 4.79 Å². The zero-order valence-corrected chi connectivity index (χ0v) is 18.4. The highest BCUT2D eigenvalue weighted by Gasteiger charge is 2.20. The molecule has 1 N–H and O–H groups in total. The van der Waals surface area contributed by atoms with Crippen molar-refractivity contribution in [1.29, 1.82) is 0 Å². The molecule has 0 radical (unpaired) electrons. The lowest BCUT2D eigenvalue weighted by molar-refractivity contribution is -0.113. The lowest BCUT2D eigenvalue weighted by Gasteiger charge is -2.29. The second-order valence-electron chi connectivity index (χ2n) is 7.75. The average Bonchev–Trinajstić information content (AvgIpc) is 2.84. The van der Waals surface area contributed by atoms with Crippen molar-refractivity contribution in [1.82, 2.24) is 9.97 Å². The molecule has 5 nitrogen and oxygen atoms in total. The minimum atomic E-state index is -0.812. The number of hydrogen-bond donors (Lipinski definition) is 1. The van der Waals surface area contributed by atoms with Crippen LogP contribution in [-0.4, -0.2) is 28.2 Å². The van der Waals surface area contributed by atoms with Gasteiger partial charge in [0.1, 0.15) is 16.7 Å². The molecule has 2 heterocycles. The molecule has 0 saturated carbocycles. The van der Waals surface area contributed by atoms with Gasteiger partial charge in [0.05, 0.1) is 17.0 Å². The normalized spacial score (nSPS) is 13.1. The third-order valence-corrected chi connectivity index (χ3v) is 6.51. The van der Waals surface area contributed by atoms with Gasteiger partial charge in [0.2, 0.25) is 11.9 Å². The molecule has 5 rings (SSSR count). The molecule has 33 heavy (non-hydrogen) atoms. The number of para-hydroxylation sites is 1. The molecule has 0 bridgehead atoms. The third-order valence-electron chi connectivity index (χ3n) is 5.52. The van der Waals surface area contributed by atoms with Crippen molar-refractivity contribution in [3.05, 3.63) is 89.5 Å². The van der Waals surface area contributed by atoms with E-state index in [9.17, 15) is 13.6 Å². The maximum Gasteiger partial charge on any atom is 0.234 e. The Kier molecular flexibility index (Phi) is 5.92. The summed E-state index contributed by atoms with van der Waals surface area (Å²) < 4.78 is 27.0. The Morgan fingerprint density at radius 2 is 1.79 bits per heavy atom. The first kappa shape index (κ1) is 21.3. The topological polar surface area (TPSA) is 58.1 Å². The summed E-state index contributed by atoms with van der Waals surface area (Å²) in [4.78, 5) is 24.1. The summed E-state index contributed by atoms with van der Waals surface area (Å²) in [5.74, 6) is -1.26. The number of anilines is 2. The van der Waals surface area contributed by atoms with Gasteiger partial charge in [0, 0.05) is 24.5 Å². The van der Waals surface area contributed by atoms with E-state index in [-0.39, 0.29) is 11.4 Å². The van der Waals surface area contributed by atoms with Crippen LogP contribution in [0, 0.1) is 11.6 Å². The van der Waals surface area contributed by atoms with Gasteiger partial charge >= 0.3 is 0 Å². The fourth-order valence-electron chi connectivity index (χ4n) is 3.86. The highest BCUT2D eigenvalue weighted by molar-refractivity contribution is 8.00. The molecule has 0 atom stereocenters. The minimum absolute atomic E-state index is 0.0279. The molecule has 0 saturated heterocycles. The fraction of sp³-hybridized carbons (Fsp3) is 0.160. The molecule has 1 aromatic heterocycles. The number of benzene rings is 3. The van der Waals surface area contributed by atoms with Crippen LogP contribution in [0.2, 0.25) is 0 Å². The molecule has 0 spiro atoms. The molecule has 0 fully saturated rings. The van der Waals surface area contributed by atoms with Crippen LogP contribution in [0.1, 0.15) is 11.1 Å². The smallest absolute Gasteiger partial charge is 0.234 e. The van der Waals surface area contributed by atoms with Crippen LogP contribution in [-0.2, 0) is 17.8 Å². The van der Waals surface area contributed by atoms with Gasteiger partial charge in [-0.25, -0.2) is 18.7 Å². The Morgan fingerprint density at radius 1 is 1.00 bits per heavy atom. The van der Waals surface area contributed by atoms with Gasteiger partial charge in [0.25, 0.3) is 0 Å². The summed E-state index contributed by atoms with van der Waals surface area (Å²) in [6.45, 7) is 1.53. The zero-order chi connectivity index (χ0) is 22.8. The van der Waals surface area contributed by atoms with E-state index < -0.39 is 17.5 Å². The molecule has 0 unspecified atom stereocenters. The summed E-state index contributed by atoms with van der Waals surface area (Å²) in [6, 6.07) is 19.1. The lowest BCUT2D eigenvalue weighted by atomic mass is 10.0. The molecule has 8 heteroatoms. The van der Waals surface area contributed by atoms with E-state index in [0.717, 1.165) is 42.5 Å². The van der Waals surface area contributed by atoms with Gasteiger partial charge in [-0.1, -0.05) is 54.2 Å². The van der Waals surface area contributed by atoms with Crippen molar-refractivity contribution in [2.24, 2.45) is 0 Å². The molecular weight excluding hydrogens is 442 g/mol. The summed E-state index contributed by atoms with van der Waals surface area (Å²) in [5.41, 5.74) is 3.35. The van der Waals surface area contributed by atoms with Gasteiger partial charge in [-0.15, -0.1) is 0 Å². The SMILES string of the molecule is O=C(CSc1nc(N2CCc3ccccc3C2)nc2ccccc12)Nc1ccc(F)cc1F. The van der Waals surface area contributed by atoms with Crippen LogP contribution in [0.25, 0.3) is 10.9 Å². The van der Waals surface area contributed by atoms with Crippen molar-refractivity contribution >= 4 is 40.2 Å². The summed E-state index contributed by atoms with van der Waals surface area (Å²) in [6.07, 6.45) is 0.917. The van der Waals surface area contributed by atoms with Crippen molar-refractivity contribution in [2.45, 2.75) is 18.0 Å². The maximum absolute atomic E-state index is 13.9. The predicted molar refractivity (Wildman–Crippen MR) is 126 cm³/mol. The van der Waals surface area contributed by atoms with Gasteiger partial charge in [-0.2, -0.15) is 0 Å². The van der Waals surface area contributed by atoms with Crippen molar-refractivity contribution in [3.63, 3.8) is 0 Å². The number of nitrogens with one attached hydrogen (secondary N) is 1. The van der Waals surface area contributed by atoms with Crippen LogP contribution in [0.5, 0.6) is 0 Å². The molecule has 3 aromatic carbocycles. The first-order chi connectivity index (χ1) is 16.1. The number of halogens is 2. The number of nitrogens with zero attached hydrogens (tertiary/aromatic N) is 3. The number of hydrogen-bond acceptors (Lipinski definition) is 5. The summed E-state index contributed by atoms with van der Waals surface area (Å²) >= 11 is 1.26. The Balaban J connectivity index is 1.37. The van der Waals surface area contributed by atoms with E-state index in [0.29, 0.717) is 11.0 Å². The molecule has 1 aliphatic heterocycles. The van der Waals surface area contributed by atoms with Crippen LogP contribution >= 0.6 is 11.8 Å². The van der Waals surface area contributed by atoms with E-state index in [2.05, 4.69) is 28.4 Å². The highest BCUT2D eigenvalue weighted by Crippen LogP contribution is 2.30. The maximum atomic E-state index is 13.9. The minimum Gasteiger partial charge on any atom is -0.336 e. The first-order valence-electron chi connectivity index (χ1n) is 10.5. The third kappa shape index (κ3) is 4.66. The van der Waals surface area contributed by atoms with Gasteiger partial charge < -0.3 is 10.2 Å². The van der Waals surface area contributed by atoms with E-state index in [1.807, 2.05) is 30.3 Å². The monoisotopic (exact) mass is 462 g/mol. The Labute approximate surface area is 193 Å². The number of thioether (sulfide) groups is 1. The summed E-state index contributed by atoms with van der Waals surface area (Å²) in [7, 11) is 0. The molecule has 1 aliphatic rings. The van der Waals surface area contributed by atoms with Crippen LogP contribution in [0.3, 0.4) is 0 Å². The van der Waals surface area contributed by atoms with E-state index in [1.54, 1.807) is 0 Å². The molecule has 1 amide bonds. The predicted octanol–water partition coefficient (Wildman–Crippen LogP) is 5.20. The Hall–Kier alpha value is -3.52. The molecule has 0 aliphatic carbocycles. The van der Waals surface area contributed by atoms with E-state index >= 15 is 0 Å². The van der Waals surface area contributed by atoms with Gasteiger partial charge in [0.15, 0.2) is 0 Å². The number of amides is 1. The summed E-state index contributed by atoms with van der Waals surface area (Å²) in [5, 5.41) is 4.03. The fourth-order valence-corrected chi connectivity index (χ4v) is 4.68. The van der Waals surface area contributed by atoms with Crippen molar-refractivity contribution in [2.75, 3.05) is 22.5 Å². The number of aromatic nitrogens is 2. The second kappa shape index (κ2) is 9.15. The Bertz CT molecular complexity index is 1350. The highest BCUT2D eigenvalue weighted by atomic mass is 32.2. The van der Waals surface area contributed by atoms with Crippen LogP contribution in [0.15, 0.2) is 71.8 Å². The molecular formula is C25H20F2N4OS. The van der Waals surface area contributed by atoms with Crippen molar-refractivity contribution < 1.29 is 13.6 Å². The van der Waals surface area contributed by atoms with Crippen molar-refractivity contribution in [3.8, 4) is 0 Å². The Morgan fingerprint density at radius 3 is 2.64 bits per heavy atom. The van der Waals surface area contributed by atoms with Crippen LogP contribution in [0.4, 0.5) is 20.4 Å². The number of rotatable bonds is 5. The molecule has 4 aromatic rings. The largest absolute Gasteiger partial charge is 0.336 e. The number of carbonyl (C=O) groups is 1.